The van der Waals surface area contributed by atoms with Crippen LogP contribution in [0.25, 0.3) is 33.4 Å². The van der Waals surface area contributed by atoms with Crippen molar-refractivity contribution in [1.82, 2.24) is 34.7 Å². The number of methoxy groups -OCH3 is 1. The first-order valence-electron chi connectivity index (χ1n) is 16.8. The van der Waals surface area contributed by atoms with Gasteiger partial charge in [-0.15, -0.1) is 0 Å². The molecule has 0 saturated carbocycles. The van der Waals surface area contributed by atoms with Gasteiger partial charge in [0.1, 0.15) is 17.0 Å². The highest BCUT2D eigenvalue weighted by Gasteiger charge is 2.28. The standard InChI is InChI=1S/C31H29Cl2N7O3.C4H7NO.C2H6/c1-15-35-27(24-28(36-15)39(3)31(42)40(4)30(24)41)37-21-11-7-9-18(26(21)33)17-8-6-10-19(25(17)32)22-14-16-12-13-20(34-2)23(16)29(38-22)43-5;6-4-2-1-3-5-4;1-2/h6-11,14,20,34H,12-13H2,1-5H3,(H,35,36,37);1-3H2,(H,5,6);1-2H3. The summed E-state index contributed by atoms with van der Waals surface area (Å²) < 4.78 is 8.03. The fraction of sp³-hybridized carbons (Fsp3) is 0.351. The van der Waals surface area contributed by atoms with Crippen LogP contribution in [-0.2, 0) is 25.3 Å². The van der Waals surface area contributed by atoms with E-state index in [1.165, 1.54) is 17.2 Å². The number of ether oxygens (including phenoxy) is 1. The molecule has 0 bridgehead atoms. The molecule has 1 amide bonds. The van der Waals surface area contributed by atoms with Crippen molar-refractivity contribution < 1.29 is 9.53 Å². The van der Waals surface area contributed by atoms with E-state index < -0.39 is 11.2 Å². The lowest BCUT2D eigenvalue weighted by Crippen LogP contribution is -2.37. The van der Waals surface area contributed by atoms with Crippen molar-refractivity contribution in [3.63, 3.8) is 0 Å². The van der Waals surface area contributed by atoms with E-state index in [4.69, 9.17) is 32.9 Å². The molecule has 3 N–H and O–H groups in total. The van der Waals surface area contributed by atoms with Gasteiger partial charge in [0.15, 0.2) is 5.65 Å². The molecule has 5 aromatic rings. The Hall–Kier alpha value is -4.78. The molecule has 7 rings (SSSR count). The number of nitrogens with zero attached hydrogens (tertiary/aromatic N) is 5. The summed E-state index contributed by atoms with van der Waals surface area (Å²) in [6.45, 7) is 6.58. The topological polar surface area (TPSA) is 145 Å². The zero-order chi connectivity index (χ0) is 37.0. The van der Waals surface area contributed by atoms with Crippen LogP contribution in [0.4, 0.5) is 11.5 Å². The monoisotopic (exact) mass is 732 g/mol. The molecule has 2 aliphatic rings. The zero-order valence-corrected chi connectivity index (χ0v) is 31.3. The van der Waals surface area contributed by atoms with Gasteiger partial charge >= 0.3 is 5.69 Å². The highest BCUT2D eigenvalue weighted by atomic mass is 35.5. The molecular weight excluding hydrogens is 691 g/mol. The number of amides is 1. The highest BCUT2D eigenvalue weighted by Crippen LogP contribution is 2.44. The minimum Gasteiger partial charge on any atom is -0.481 e. The second-order valence-corrected chi connectivity index (χ2v) is 12.7. The first-order chi connectivity index (χ1) is 24.5. The molecule has 1 unspecified atom stereocenters. The SMILES string of the molecule is CC.CNC1CCc2cc(-c3cccc(-c4cccc(Nc5nc(C)nc6c5c(=O)n(C)c(=O)n6C)c4Cl)c3Cl)nc(OC)c21.O=C1CCCN1. The molecule has 1 saturated heterocycles. The first-order valence-corrected chi connectivity index (χ1v) is 17.6. The number of aromatic nitrogens is 5. The number of halogens is 2. The van der Waals surface area contributed by atoms with Crippen molar-refractivity contribution in [3.05, 3.63) is 90.3 Å². The van der Waals surface area contributed by atoms with Crippen LogP contribution in [0.3, 0.4) is 0 Å². The van der Waals surface area contributed by atoms with Crippen LogP contribution in [0.5, 0.6) is 5.88 Å². The van der Waals surface area contributed by atoms with E-state index in [-0.39, 0.29) is 28.8 Å². The Kier molecular flexibility index (Phi) is 11.8. The van der Waals surface area contributed by atoms with E-state index in [1.807, 2.05) is 51.2 Å². The molecule has 12 nitrogen and oxygen atoms in total. The molecule has 51 heavy (non-hydrogen) atoms. The van der Waals surface area contributed by atoms with E-state index >= 15 is 0 Å². The minimum absolute atomic E-state index is 0.175. The van der Waals surface area contributed by atoms with E-state index in [9.17, 15) is 14.4 Å². The molecule has 1 fully saturated rings. The maximum atomic E-state index is 13.1. The number of rotatable bonds is 6. The van der Waals surface area contributed by atoms with Crippen molar-refractivity contribution in [2.24, 2.45) is 14.1 Å². The molecule has 1 aliphatic carbocycles. The number of fused-ring (bicyclic) bond motifs is 2. The van der Waals surface area contributed by atoms with Crippen molar-refractivity contribution >= 4 is 51.6 Å². The third-order valence-corrected chi connectivity index (χ3v) is 9.65. The summed E-state index contributed by atoms with van der Waals surface area (Å²) >= 11 is 14.1. The predicted molar refractivity (Wildman–Crippen MR) is 203 cm³/mol. The Morgan fingerprint density at radius 1 is 0.922 bits per heavy atom. The van der Waals surface area contributed by atoms with Crippen molar-refractivity contribution in [2.75, 3.05) is 26.0 Å². The first kappa shape index (κ1) is 37.5. The molecule has 268 valence electrons. The molecule has 0 spiro atoms. The summed E-state index contributed by atoms with van der Waals surface area (Å²) in [7, 11) is 6.55. The number of pyridine rings is 1. The van der Waals surface area contributed by atoms with Crippen molar-refractivity contribution in [1.29, 1.82) is 0 Å². The van der Waals surface area contributed by atoms with E-state index in [1.54, 1.807) is 27.1 Å². The number of benzene rings is 2. The van der Waals surface area contributed by atoms with Crippen molar-refractivity contribution in [3.8, 4) is 28.3 Å². The van der Waals surface area contributed by atoms with E-state index in [2.05, 4.69) is 32.0 Å². The molecular formula is C37H42Cl2N8O4. The third-order valence-electron chi connectivity index (χ3n) is 8.83. The second-order valence-electron chi connectivity index (χ2n) is 11.9. The van der Waals surface area contributed by atoms with E-state index in [0.717, 1.165) is 47.9 Å². The van der Waals surface area contributed by atoms with Crippen LogP contribution < -0.4 is 31.9 Å². The maximum Gasteiger partial charge on any atom is 0.332 e. The van der Waals surface area contributed by atoms with Gasteiger partial charge in [0.25, 0.3) is 5.56 Å². The fourth-order valence-electron chi connectivity index (χ4n) is 6.31. The van der Waals surface area contributed by atoms with Gasteiger partial charge in [-0.1, -0.05) is 67.4 Å². The Morgan fingerprint density at radius 2 is 1.61 bits per heavy atom. The van der Waals surface area contributed by atoms with Crippen molar-refractivity contribution in [2.45, 2.75) is 52.5 Å². The summed E-state index contributed by atoms with van der Waals surface area (Å²) in [6, 6.07) is 13.5. The molecule has 14 heteroatoms. The van der Waals surface area contributed by atoms with Crippen LogP contribution in [0.15, 0.2) is 52.1 Å². The third kappa shape index (κ3) is 7.35. The van der Waals surface area contributed by atoms with Gasteiger partial charge in [-0.25, -0.2) is 19.7 Å². The Labute approximate surface area is 306 Å². The lowest BCUT2D eigenvalue weighted by molar-refractivity contribution is -0.119. The van der Waals surface area contributed by atoms with Gasteiger partial charge in [0.05, 0.1) is 28.5 Å². The molecule has 4 heterocycles. The summed E-state index contributed by atoms with van der Waals surface area (Å²) in [4.78, 5) is 49.4. The van der Waals surface area contributed by atoms with E-state index in [0.29, 0.717) is 44.3 Å². The number of hydrogen-bond donors (Lipinski definition) is 3. The number of carbonyl (C=O) groups is 1. The second kappa shape index (κ2) is 16.1. The number of hydrogen-bond acceptors (Lipinski definition) is 9. The summed E-state index contributed by atoms with van der Waals surface area (Å²) in [5.74, 6) is 1.42. The molecule has 1 atom stereocenters. The quantitative estimate of drug-likeness (QED) is 0.184. The van der Waals surface area contributed by atoms with Gasteiger partial charge in [0.2, 0.25) is 11.8 Å². The summed E-state index contributed by atoms with van der Waals surface area (Å²) in [5.41, 5.74) is 4.87. The Bertz CT molecular complexity index is 2230. The van der Waals surface area contributed by atoms with Gasteiger partial charge < -0.3 is 20.7 Å². The highest BCUT2D eigenvalue weighted by molar-refractivity contribution is 6.39. The Morgan fingerprint density at radius 3 is 2.24 bits per heavy atom. The van der Waals surface area contributed by atoms with Crippen LogP contribution >= 0.6 is 23.2 Å². The minimum atomic E-state index is -0.512. The predicted octanol–water partition coefficient (Wildman–Crippen LogP) is 6.25. The molecule has 3 aromatic heterocycles. The molecule has 0 radical (unpaired) electrons. The average molecular weight is 734 g/mol. The van der Waals surface area contributed by atoms with Crippen LogP contribution in [0.1, 0.15) is 56.1 Å². The normalized spacial score (nSPS) is 14.6. The maximum absolute atomic E-state index is 13.1. The number of aryl methyl sites for hydroxylation is 3. The average Bonchev–Trinajstić information content (AvgIpc) is 3.80. The fourth-order valence-corrected chi connectivity index (χ4v) is 6.91. The lowest BCUT2D eigenvalue weighted by atomic mass is 9.99. The van der Waals surface area contributed by atoms with Gasteiger partial charge in [-0.3, -0.25) is 18.7 Å². The number of carbonyl (C=O) groups excluding carboxylic acids is 1. The van der Waals surface area contributed by atoms with Crippen LogP contribution in [0.2, 0.25) is 10.0 Å². The van der Waals surface area contributed by atoms with Crippen LogP contribution in [-0.4, -0.2) is 50.7 Å². The molecule has 1 aliphatic heterocycles. The zero-order valence-electron chi connectivity index (χ0n) is 29.8. The number of nitrogens with one attached hydrogen (secondary N) is 3. The number of anilines is 2. The molecule has 2 aromatic carbocycles. The van der Waals surface area contributed by atoms with Gasteiger partial charge in [-0.05, 0) is 50.9 Å². The van der Waals surface area contributed by atoms with Crippen LogP contribution in [0, 0.1) is 6.92 Å². The summed E-state index contributed by atoms with van der Waals surface area (Å²) in [5, 5.41) is 10.3. The largest absolute Gasteiger partial charge is 0.481 e. The lowest BCUT2D eigenvalue weighted by Gasteiger charge is -2.17. The summed E-state index contributed by atoms with van der Waals surface area (Å²) in [6.07, 6.45) is 3.65. The Balaban J connectivity index is 0.000000564. The van der Waals surface area contributed by atoms with Gasteiger partial charge in [0, 0.05) is 55.4 Å². The van der Waals surface area contributed by atoms with Gasteiger partial charge in [-0.2, -0.15) is 0 Å². The smallest absolute Gasteiger partial charge is 0.332 e.